The number of nitrogens with zero attached hydrogens (tertiary/aromatic N) is 2. The van der Waals surface area contributed by atoms with Crippen molar-refractivity contribution in [2.75, 3.05) is 32.7 Å². The lowest BCUT2D eigenvalue weighted by molar-refractivity contribution is 0.228. The minimum absolute atomic E-state index is 0.511. The first-order valence-electron chi connectivity index (χ1n) is 7.31. The zero-order valence-corrected chi connectivity index (χ0v) is 11.3. The number of nitrogens with one attached hydrogen (secondary N) is 2. The van der Waals surface area contributed by atoms with Gasteiger partial charge in [-0.3, -0.25) is 0 Å². The third-order valence-electron chi connectivity index (χ3n) is 4.37. The Hall–Kier alpha value is -0.870. The van der Waals surface area contributed by atoms with Crippen LogP contribution in [0.4, 0.5) is 0 Å². The summed E-state index contributed by atoms with van der Waals surface area (Å²) in [5, 5.41) is 3.40. The lowest BCUT2D eigenvalue weighted by Gasteiger charge is -2.29. The van der Waals surface area contributed by atoms with Gasteiger partial charge in [0.05, 0.1) is 0 Å². The Morgan fingerprint density at radius 1 is 1.39 bits per heavy atom. The Kier molecular flexibility index (Phi) is 3.66. The van der Waals surface area contributed by atoms with Crippen LogP contribution >= 0.6 is 0 Å². The predicted octanol–water partition coefficient (Wildman–Crippen LogP) is 1.69. The van der Waals surface area contributed by atoms with Crippen molar-refractivity contribution in [1.82, 2.24) is 20.2 Å². The number of aromatic nitrogens is 2. The van der Waals surface area contributed by atoms with E-state index in [2.05, 4.69) is 33.3 Å². The van der Waals surface area contributed by atoms with E-state index >= 15 is 0 Å². The van der Waals surface area contributed by atoms with Crippen LogP contribution in [-0.4, -0.2) is 47.6 Å². The van der Waals surface area contributed by atoms with Crippen molar-refractivity contribution < 1.29 is 0 Å². The summed E-state index contributed by atoms with van der Waals surface area (Å²) in [4.78, 5) is 10.7. The number of aromatic amines is 1. The quantitative estimate of drug-likeness (QED) is 0.852. The number of piperazine rings is 1. The fraction of sp³-hybridized carbons (Fsp3) is 0.786. The highest BCUT2D eigenvalue weighted by Crippen LogP contribution is 2.35. The SMILES string of the molecule is CC(CN1CCNCC1)c1ncc(C2CCC2)[nH]1. The van der Waals surface area contributed by atoms with Gasteiger partial charge >= 0.3 is 0 Å². The Morgan fingerprint density at radius 3 is 2.83 bits per heavy atom. The first-order chi connectivity index (χ1) is 8.83. The molecule has 1 aromatic rings. The van der Waals surface area contributed by atoms with E-state index in [0.29, 0.717) is 5.92 Å². The lowest BCUT2D eigenvalue weighted by Crippen LogP contribution is -2.44. The molecule has 1 saturated heterocycles. The molecule has 2 aliphatic rings. The Balaban J connectivity index is 1.57. The second-order valence-corrected chi connectivity index (χ2v) is 5.80. The second-order valence-electron chi connectivity index (χ2n) is 5.80. The highest BCUT2D eigenvalue weighted by atomic mass is 15.2. The van der Waals surface area contributed by atoms with Gasteiger partial charge in [0.2, 0.25) is 0 Å². The average molecular weight is 248 g/mol. The Morgan fingerprint density at radius 2 is 2.17 bits per heavy atom. The first-order valence-corrected chi connectivity index (χ1v) is 7.31. The molecular weight excluding hydrogens is 224 g/mol. The molecule has 0 spiro atoms. The standard InChI is InChI=1S/C14H24N4/c1-11(10-18-7-5-15-6-8-18)14-16-9-13(17-14)12-3-2-4-12/h9,11-12,15H,2-8,10H2,1H3,(H,16,17). The second kappa shape index (κ2) is 5.41. The van der Waals surface area contributed by atoms with E-state index < -0.39 is 0 Å². The van der Waals surface area contributed by atoms with E-state index in [9.17, 15) is 0 Å². The molecular formula is C14H24N4. The molecule has 4 heteroatoms. The summed E-state index contributed by atoms with van der Waals surface area (Å²) >= 11 is 0. The molecule has 0 amide bonds. The van der Waals surface area contributed by atoms with Crippen LogP contribution in [0.1, 0.15) is 49.5 Å². The van der Waals surface area contributed by atoms with Gasteiger partial charge in [0.15, 0.2) is 0 Å². The summed E-state index contributed by atoms with van der Waals surface area (Å²) in [7, 11) is 0. The molecule has 4 nitrogen and oxygen atoms in total. The van der Waals surface area contributed by atoms with Crippen molar-refractivity contribution in [2.24, 2.45) is 0 Å². The van der Waals surface area contributed by atoms with E-state index in [1.165, 1.54) is 43.9 Å². The molecule has 1 aromatic heterocycles. The minimum atomic E-state index is 0.511. The van der Waals surface area contributed by atoms with E-state index in [4.69, 9.17) is 0 Å². The van der Waals surface area contributed by atoms with Crippen LogP contribution in [0, 0.1) is 0 Å². The first kappa shape index (κ1) is 12.2. The molecule has 1 aliphatic carbocycles. The number of H-pyrrole nitrogens is 1. The number of rotatable bonds is 4. The van der Waals surface area contributed by atoms with Crippen LogP contribution in [0.25, 0.3) is 0 Å². The van der Waals surface area contributed by atoms with Gasteiger partial charge in [0.1, 0.15) is 5.82 Å². The third-order valence-corrected chi connectivity index (χ3v) is 4.37. The van der Waals surface area contributed by atoms with Crippen molar-refractivity contribution in [3.8, 4) is 0 Å². The molecule has 18 heavy (non-hydrogen) atoms. The zero-order valence-electron chi connectivity index (χ0n) is 11.3. The maximum Gasteiger partial charge on any atom is 0.110 e. The fourth-order valence-electron chi connectivity index (χ4n) is 2.90. The number of hydrogen-bond donors (Lipinski definition) is 2. The van der Waals surface area contributed by atoms with Crippen molar-refractivity contribution in [2.45, 2.75) is 38.0 Å². The van der Waals surface area contributed by atoms with E-state index in [1.54, 1.807) is 0 Å². The average Bonchev–Trinajstić information content (AvgIpc) is 2.77. The summed E-state index contributed by atoms with van der Waals surface area (Å²) < 4.78 is 0. The van der Waals surface area contributed by atoms with E-state index in [1.807, 2.05) is 0 Å². The molecule has 0 bridgehead atoms. The van der Waals surface area contributed by atoms with Crippen molar-refractivity contribution in [3.63, 3.8) is 0 Å². The van der Waals surface area contributed by atoms with Gasteiger partial charge in [-0.25, -0.2) is 4.98 Å². The lowest BCUT2D eigenvalue weighted by atomic mass is 9.83. The number of hydrogen-bond acceptors (Lipinski definition) is 3. The van der Waals surface area contributed by atoms with Gasteiger partial charge in [-0.15, -0.1) is 0 Å². The molecule has 2 heterocycles. The van der Waals surface area contributed by atoms with Crippen LogP contribution in [-0.2, 0) is 0 Å². The molecule has 3 rings (SSSR count). The van der Waals surface area contributed by atoms with Crippen LogP contribution in [0.2, 0.25) is 0 Å². The fourth-order valence-corrected chi connectivity index (χ4v) is 2.90. The number of imidazole rings is 1. The summed E-state index contributed by atoms with van der Waals surface area (Å²) in [6, 6.07) is 0. The maximum atomic E-state index is 4.59. The molecule has 1 unspecified atom stereocenters. The van der Waals surface area contributed by atoms with E-state index in [0.717, 1.165) is 25.6 Å². The van der Waals surface area contributed by atoms with Gasteiger partial charge in [0.25, 0.3) is 0 Å². The van der Waals surface area contributed by atoms with Crippen LogP contribution in [0.15, 0.2) is 6.20 Å². The van der Waals surface area contributed by atoms with Gasteiger partial charge in [0, 0.05) is 56.5 Å². The smallest absolute Gasteiger partial charge is 0.110 e. The molecule has 1 atom stereocenters. The summed E-state index contributed by atoms with van der Waals surface area (Å²) in [6.45, 7) is 7.99. The van der Waals surface area contributed by atoms with Crippen LogP contribution in [0.3, 0.4) is 0 Å². The zero-order chi connectivity index (χ0) is 12.4. The molecule has 2 fully saturated rings. The predicted molar refractivity (Wildman–Crippen MR) is 72.9 cm³/mol. The maximum absolute atomic E-state index is 4.59. The summed E-state index contributed by atoms with van der Waals surface area (Å²) in [5.41, 5.74) is 1.36. The third kappa shape index (κ3) is 2.59. The Bertz CT molecular complexity index is 377. The normalized spacial score (nSPS) is 23.8. The highest BCUT2D eigenvalue weighted by molar-refractivity contribution is 5.12. The monoisotopic (exact) mass is 248 g/mol. The summed E-state index contributed by atoms with van der Waals surface area (Å²) in [5.74, 6) is 2.45. The molecule has 1 saturated carbocycles. The van der Waals surface area contributed by atoms with Crippen molar-refractivity contribution >= 4 is 0 Å². The largest absolute Gasteiger partial charge is 0.345 e. The minimum Gasteiger partial charge on any atom is -0.345 e. The van der Waals surface area contributed by atoms with E-state index in [-0.39, 0.29) is 0 Å². The molecule has 100 valence electrons. The van der Waals surface area contributed by atoms with Gasteiger partial charge in [-0.05, 0) is 12.8 Å². The van der Waals surface area contributed by atoms with Gasteiger partial charge < -0.3 is 15.2 Å². The Labute approximate surface area is 109 Å². The molecule has 0 aromatic carbocycles. The van der Waals surface area contributed by atoms with Crippen LogP contribution < -0.4 is 5.32 Å². The molecule has 0 radical (unpaired) electrons. The molecule has 2 N–H and O–H groups in total. The van der Waals surface area contributed by atoms with Gasteiger partial charge in [-0.1, -0.05) is 13.3 Å². The summed E-state index contributed by atoms with van der Waals surface area (Å²) in [6.07, 6.45) is 6.13. The highest BCUT2D eigenvalue weighted by Gasteiger charge is 2.23. The van der Waals surface area contributed by atoms with Crippen LogP contribution in [0.5, 0.6) is 0 Å². The molecule has 1 aliphatic heterocycles. The van der Waals surface area contributed by atoms with Gasteiger partial charge in [-0.2, -0.15) is 0 Å². The topological polar surface area (TPSA) is 44.0 Å². The van der Waals surface area contributed by atoms with Crippen molar-refractivity contribution in [1.29, 1.82) is 0 Å². The van der Waals surface area contributed by atoms with Crippen molar-refractivity contribution in [3.05, 3.63) is 17.7 Å².